The molecule has 9 atom stereocenters. The van der Waals surface area contributed by atoms with Gasteiger partial charge in [0.1, 0.15) is 6.10 Å². The van der Waals surface area contributed by atoms with Gasteiger partial charge in [-0.1, -0.05) is 19.9 Å². The van der Waals surface area contributed by atoms with Crippen LogP contribution >= 0.6 is 0 Å². The second-order valence-corrected chi connectivity index (χ2v) is 14.8. The van der Waals surface area contributed by atoms with E-state index in [1.54, 1.807) is 6.08 Å². The third-order valence-corrected chi connectivity index (χ3v) is 11.2. The number of carbonyl (C=O) groups is 2. The first-order chi connectivity index (χ1) is 17.8. The van der Waals surface area contributed by atoms with Crippen LogP contribution in [0.1, 0.15) is 100 Å². The standard InChI is InChI=1S/C32H48O7/c1-19(33)37-20-9-14-29(6)21-10-15-30(7)25(11-16-32(30,36)22(21)18-24(34)23(29)17-20)31(8)26(12-13-27(2,3)35)38-28(4,5)39-31/h9,14,18,20-21,23,25-26,35-36H,10-13,15-17H2,1-8H3/t20-,21-,23+,25-,26+,29+,30+,31+,32+/m0/s1. The van der Waals surface area contributed by atoms with Crippen molar-refractivity contribution in [3.63, 3.8) is 0 Å². The summed E-state index contributed by atoms with van der Waals surface area (Å²) < 4.78 is 18.6. The number of rotatable bonds is 5. The lowest BCUT2D eigenvalue weighted by molar-refractivity contribution is -0.189. The molecule has 4 aliphatic carbocycles. The second-order valence-electron chi connectivity index (χ2n) is 14.8. The van der Waals surface area contributed by atoms with Gasteiger partial charge in [-0.3, -0.25) is 9.59 Å². The van der Waals surface area contributed by atoms with Crippen molar-refractivity contribution in [2.24, 2.45) is 28.6 Å². The van der Waals surface area contributed by atoms with Gasteiger partial charge in [-0.05, 0) is 109 Å². The summed E-state index contributed by atoms with van der Waals surface area (Å²) >= 11 is 0. The highest BCUT2D eigenvalue weighted by Crippen LogP contribution is 2.69. The Hall–Kier alpha value is -1.54. The van der Waals surface area contributed by atoms with E-state index in [4.69, 9.17) is 14.2 Å². The third-order valence-electron chi connectivity index (χ3n) is 11.2. The normalized spacial score (nSPS) is 46.8. The summed E-state index contributed by atoms with van der Waals surface area (Å²) in [5.74, 6) is -1.31. The molecule has 2 saturated carbocycles. The van der Waals surface area contributed by atoms with Gasteiger partial charge in [-0.15, -0.1) is 0 Å². The van der Waals surface area contributed by atoms with Gasteiger partial charge >= 0.3 is 5.97 Å². The molecule has 1 heterocycles. The number of ether oxygens (including phenoxy) is 3. The minimum atomic E-state index is -1.12. The highest BCUT2D eigenvalue weighted by atomic mass is 16.8. The molecule has 39 heavy (non-hydrogen) atoms. The Morgan fingerprint density at radius 2 is 1.82 bits per heavy atom. The van der Waals surface area contributed by atoms with Crippen LogP contribution in [-0.4, -0.2) is 56.8 Å². The topological polar surface area (TPSA) is 102 Å². The van der Waals surface area contributed by atoms with Crippen molar-refractivity contribution in [1.29, 1.82) is 0 Å². The number of allylic oxidation sites excluding steroid dienone is 2. The Balaban J connectivity index is 1.48. The van der Waals surface area contributed by atoms with E-state index in [0.29, 0.717) is 25.7 Å². The Bertz CT molecular complexity index is 1100. The van der Waals surface area contributed by atoms with E-state index in [1.807, 2.05) is 33.8 Å². The minimum absolute atomic E-state index is 0.0151. The van der Waals surface area contributed by atoms with Gasteiger partial charge in [0.2, 0.25) is 0 Å². The van der Waals surface area contributed by atoms with Crippen LogP contribution in [0, 0.1) is 28.6 Å². The SMILES string of the molecule is CC(=O)O[C@H]1C=C[C@@]2(C)[C@H](C1)C(=O)C=C1[C@@H]2CC[C@]2(C)[C@@H]([C@@]3(C)OC(C)(C)O[C@@H]3CCC(C)(C)O)CC[C@@]12O. The second kappa shape index (κ2) is 8.98. The monoisotopic (exact) mass is 544 g/mol. The van der Waals surface area contributed by atoms with Crippen molar-refractivity contribution in [3.8, 4) is 0 Å². The van der Waals surface area contributed by atoms with Crippen LogP contribution in [0.4, 0.5) is 0 Å². The number of hydrogen-bond donors (Lipinski definition) is 2. The Labute approximate surface area is 233 Å². The van der Waals surface area contributed by atoms with Crippen molar-refractivity contribution < 1.29 is 34.0 Å². The van der Waals surface area contributed by atoms with Gasteiger partial charge in [-0.25, -0.2) is 0 Å². The van der Waals surface area contributed by atoms with Gasteiger partial charge in [0, 0.05) is 23.7 Å². The number of aliphatic hydroxyl groups is 2. The maximum absolute atomic E-state index is 13.6. The predicted octanol–water partition coefficient (Wildman–Crippen LogP) is 5.03. The van der Waals surface area contributed by atoms with E-state index in [1.165, 1.54) is 6.92 Å². The van der Waals surface area contributed by atoms with E-state index in [2.05, 4.69) is 26.8 Å². The summed E-state index contributed by atoms with van der Waals surface area (Å²) in [5, 5.41) is 23.1. The molecule has 5 aliphatic rings. The fourth-order valence-corrected chi connectivity index (χ4v) is 9.31. The van der Waals surface area contributed by atoms with Crippen molar-refractivity contribution in [1.82, 2.24) is 0 Å². The van der Waals surface area contributed by atoms with Gasteiger partial charge in [0.15, 0.2) is 11.6 Å². The molecule has 0 radical (unpaired) electrons. The van der Waals surface area contributed by atoms with E-state index in [-0.39, 0.29) is 35.6 Å². The first-order valence-electron chi connectivity index (χ1n) is 14.8. The lowest BCUT2D eigenvalue weighted by atomic mass is 9.47. The Morgan fingerprint density at radius 3 is 2.46 bits per heavy atom. The maximum Gasteiger partial charge on any atom is 0.303 e. The van der Waals surface area contributed by atoms with Crippen LogP contribution in [0.15, 0.2) is 23.8 Å². The van der Waals surface area contributed by atoms with E-state index in [9.17, 15) is 19.8 Å². The van der Waals surface area contributed by atoms with Gasteiger partial charge in [0.25, 0.3) is 0 Å². The lowest BCUT2D eigenvalue weighted by Gasteiger charge is -2.59. The fourth-order valence-electron chi connectivity index (χ4n) is 9.31. The first kappa shape index (κ1) is 29.0. The number of ketones is 1. The zero-order valence-electron chi connectivity index (χ0n) is 25.0. The molecule has 0 aromatic rings. The molecule has 0 amide bonds. The van der Waals surface area contributed by atoms with Crippen LogP contribution in [-0.2, 0) is 23.8 Å². The van der Waals surface area contributed by atoms with Gasteiger partial charge in [-0.2, -0.15) is 0 Å². The summed E-state index contributed by atoms with van der Waals surface area (Å²) in [5.41, 5.74) is -2.63. The summed E-state index contributed by atoms with van der Waals surface area (Å²) in [7, 11) is 0. The van der Waals surface area contributed by atoms with Crippen LogP contribution in [0.25, 0.3) is 0 Å². The minimum Gasteiger partial charge on any atom is -0.458 e. The molecule has 3 fully saturated rings. The number of fused-ring (bicyclic) bond motifs is 5. The van der Waals surface area contributed by atoms with E-state index < -0.39 is 39.5 Å². The third kappa shape index (κ3) is 4.47. The van der Waals surface area contributed by atoms with Crippen molar-refractivity contribution in [2.45, 2.75) is 135 Å². The predicted molar refractivity (Wildman–Crippen MR) is 146 cm³/mol. The molecular weight excluding hydrogens is 496 g/mol. The number of hydrogen-bond acceptors (Lipinski definition) is 7. The van der Waals surface area contributed by atoms with Crippen molar-refractivity contribution in [3.05, 3.63) is 23.8 Å². The van der Waals surface area contributed by atoms with Crippen LogP contribution < -0.4 is 0 Å². The smallest absolute Gasteiger partial charge is 0.303 e. The van der Waals surface area contributed by atoms with E-state index in [0.717, 1.165) is 24.8 Å². The average Bonchev–Trinajstić information content (AvgIpc) is 3.22. The lowest BCUT2D eigenvalue weighted by Crippen LogP contribution is -2.61. The molecule has 218 valence electrons. The molecule has 1 saturated heterocycles. The molecule has 2 N–H and O–H groups in total. The Kier molecular flexibility index (Phi) is 6.67. The highest BCUT2D eigenvalue weighted by Gasteiger charge is 2.70. The largest absolute Gasteiger partial charge is 0.458 e. The summed E-state index contributed by atoms with van der Waals surface area (Å²) in [6.45, 7) is 15.4. The highest BCUT2D eigenvalue weighted by molar-refractivity contribution is 5.95. The summed E-state index contributed by atoms with van der Waals surface area (Å²) in [6.07, 6.45) is 9.87. The van der Waals surface area contributed by atoms with Crippen molar-refractivity contribution in [2.75, 3.05) is 0 Å². The molecule has 0 unspecified atom stereocenters. The molecular formula is C32H48O7. The Morgan fingerprint density at radius 1 is 1.13 bits per heavy atom. The molecule has 0 bridgehead atoms. The molecule has 7 heteroatoms. The number of carbonyl (C=O) groups excluding carboxylic acids is 2. The van der Waals surface area contributed by atoms with E-state index >= 15 is 0 Å². The quantitative estimate of drug-likeness (QED) is 0.370. The maximum atomic E-state index is 13.6. The van der Waals surface area contributed by atoms with Crippen LogP contribution in [0.5, 0.6) is 0 Å². The first-order valence-corrected chi connectivity index (χ1v) is 14.8. The van der Waals surface area contributed by atoms with Crippen molar-refractivity contribution >= 4 is 11.8 Å². The summed E-state index contributed by atoms with van der Waals surface area (Å²) in [6, 6.07) is 0. The molecule has 1 aliphatic heterocycles. The van der Waals surface area contributed by atoms with Gasteiger partial charge in [0.05, 0.1) is 22.9 Å². The van der Waals surface area contributed by atoms with Crippen LogP contribution in [0.2, 0.25) is 0 Å². The van der Waals surface area contributed by atoms with Crippen LogP contribution in [0.3, 0.4) is 0 Å². The molecule has 0 spiro atoms. The zero-order valence-corrected chi connectivity index (χ0v) is 25.0. The number of esters is 1. The molecule has 0 aromatic heterocycles. The molecule has 5 rings (SSSR count). The summed E-state index contributed by atoms with van der Waals surface area (Å²) in [4.78, 5) is 25.2. The zero-order chi connectivity index (χ0) is 28.8. The average molecular weight is 545 g/mol. The molecule has 7 nitrogen and oxygen atoms in total. The van der Waals surface area contributed by atoms with Gasteiger partial charge < -0.3 is 24.4 Å². The molecule has 0 aromatic carbocycles. The fraction of sp³-hybridized carbons (Fsp3) is 0.812.